The van der Waals surface area contributed by atoms with Crippen LogP contribution < -0.4 is 11.1 Å². The second kappa shape index (κ2) is 4.68. The Morgan fingerprint density at radius 3 is 2.82 bits per heavy atom. The van der Waals surface area contributed by atoms with Gasteiger partial charge in [-0.05, 0) is 13.4 Å². The molecule has 0 radical (unpaired) electrons. The standard InChI is InChI=1S/C6H12N2O3/c1-8-4(6(10)11)2-3-5(7)9/h4,8H,2-3H2,1H3,(H2,7,9)(H,10,11)/t4-/m0/s1/i1D. The summed E-state index contributed by atoms with van der Waals surface area (Å²) in [6.07, 6.45) is 0.146. The third kappa shape index (κ3) is 4.32. The van der Waals surface area contributed by atoms with Crippen molar-refractivity contribution in [3.63, 3.8) is 0 Å². The van der Waals surface area contributed by atoms with E-state index in [0.29, 0.717) is 0 Å². The van der Waals surface area contributed by atoms with E-state index in [-0.39, 0.29) is 19.9 Å². The van der Waals surface area contributed by atoms with E-state index in [9.17, 15) is 9.59 Å². The number of carbonyl (C=O) groups is 2. The van der Waals surface area contributed by atoms with Crippen LogP contribution in [-0.4, -0.2) is 30.0 Å². The first kappa shape index (κ1) is 8.00. The monoisotopic (exact) mass is 161 g/mol. The van der Waals surface area contributed by atoms with Gasteiger partial charge in [0.05, 0.1) is 0 Å². The number of nitrogens with two attached hydrogens (primary N) is 1. The summed E-state index contributed by atoms with van der Waals surface area (Å²) in [5.41, 5.74) is 4.83. The number of likely N-dealkylation sites (N-methyl/N-ethyl adjacent to an activating group) is 1. The summed E-state index contributed by atoms with van der Waals surface area (Å²) >= 11 is 0. The summed E-state index contributed by atoms with van der Waals surface area (Å²) in [6.45, 7) is 0. The molecule has 0 rings (SSSR count). The number of carbonyl (C=O) groups excluding carboxylic acids is 1. The van der Waals surface area contributed by atoms with Gasteiger partial charge in [-0.25, -0.2) is 0 Å². The largest absolute Gasteiger partial charge is 0.480 e. The van der Waals surface area contributed by atoms with Crippen LogP contribution in [-0.2, 0) is 9.59 Å². The molecule has 1 atom stereocenters. The van der Waals surface area contributed by atoms with Crippen molar-refractivity contribution in [3.05, 3.63) is 0 Å². The number of amides is 1. The van der Waals surface area contributed by atoms with Crippen LogP contribution in [0.3, 0.4) is 0 Å². The maximum atomic E-state index is 10.4. The third-order valence-corrected chi connectivity index (χ3v) is 1.22. The van der Waals surface area contributed by atoms with Gasteiger partial charge < -0.3 is 16.2 Å². The van der Waals surface area contributed by atoms with E-state index in [1.165, 1.54) is 0 Å². The lowest BCUT2D eigenvalue weighted by Gasteiger charge is -2.08. The molecular formula is C6H12N2O3. The molecule has 64 valence electrons. The highest BCUT2D eigenvalue weighted by Crippen LogP contribution is 1.95. The van der Waals surface area contributed by atoms with E-state index in [0.717, 1.165) is 0 Å². The van der Waals surface area contributed by atoms with Crippen LogP contribution in [0, 0.1) is 0 Å². The average Bonchev–Trinajstić information content (AvgIpc) is 1.96. The molecule has 0 heterocycles. The van der Waals surface area contributed by atoms with Crippen LogP contribution in [0.15, 0.2) is 0 Å². The third-order valence-electron chi connectivity index (χ3n) is 1.22. The van der Waals surface area contributed by atoms with E-state index >= 15 is 0 Å². The molecule has 5 nitrogen and oxygen atoms in total. The number of nitrogens with one attached hydrogen (secondary N) is 1. The fourth-order valence-electron chi connectivity index (χ4n) is 0.599. The maximum absolute atomic E-state index is 10.4. The maximum Gasteiger partial charge on any atom is 0.320 e. The highest BCUT2D eigenvalue weighted by Gasteiger charge is 2.14. The van der Waals surface area contributed by atoms with Gasteiger partial charge in [-0.15, -0.1) is 0 Å². The average molecular weight is 161 g/mol. The second-order valence-corrected chi connectivity index (χ2v) is 2.10. The van der Waals surface area contributed by atoms with Gasteiger partial charge in [0, 0.05) is 7.79 Å². The zero-order valence-electron chi connectivity index (χ0n) is 7.04. The first-order chi connectivity index (χ1) is 5.57. The predicted octanol–water partition coefficient (Wildman–Crippen LogP) is -1.08. The fourth-order valence-corrected chi connectivity index (χ4v) is 0.599. The summed E-state index contributed by atoms with van der Waals surface area (Å²) in [5, 5.41) is 10.9. The lowest BCUT2D eigenvalue weighted by atomic mass is 10.1. The number of primary amides is 1. The van der Waals surface area contributed by atoms with E-state index in [1.807, 2.05) is 0 Å². The summed E-state index contributed by atoms with van der Waals surface area (Å²) in [6, 6.07) is -0.852. The topological polar surface area (TPSA) is 92.4 Å². The van der Waals surface area contributed by atoms with Crippen LogP contribution in [0.4, 0.5) is 0 Å². The molecule has 0 saturated carbocycles. The van der Waals surface area contributed by atoms with Crippen LogP contribution in [0.5, 0.6) is 0 Å². The Kier molecular flexibility index (Phi) is 3.40. The zero-order chi connectivity index (χ0) is 9.56. The summed E-state index contributed by atoms with van der Waals surface area (Å²) in [7, 11) is -0.185. The van der Waals surface area contributed by atoms with E-state index in [4.69, 9.17) is 12.2 Å². The van der Waals surface area contributed by atoms with Crippen molar-refractivity contribution in [2.24, 2.45) is 5.73 Å². The molecular weight excluding hydrogens is 148 g/mol. The van der Waals surface area contributed by atoms with E-state index in [2.05, 4.69) is 5.32 Å². The molecule has 4 N–H and O–H groups in total. The molecule has 5 heteroatoms. The normalized spacial score (nSPS) is 13.6. The fraction of sp³-hybridized carbons (Fsp3) is 0.667. The van der Waals surface area contributed by atoms with Gasteiger partial charge in [0.2, 0.25) is 5.91 Å². The minimum Gasteiger partial charge on any atom is -0.480 e. The minimum absolute atomic E-state index is 0.0178. The Hall–Kier alpha value is -1.10. The Morgan fingerprint density at radius 2 is 2.45 bits per heavy atom. The van der Waals surface area contributed by atoms with Gasteiger partial charge in [0.1, 0.15) is 6.04 Å². The number of rotatable bonds is 5. The minimum atomic E-state index is -1.07. The molecule has 0 aromatic carbocycles. The molecule has 0 aromatic rings. The highest BCUT2D eigenvalue weighted by molar-refractivity contribution is 5.77. The Labute approximate surface area is 66.0 Å². The SMILES string of the molecule is [2H]CN[C@@H](CCC(N)=O)C(=O)O. The number of hydrogen-bond acceptors (Lipinski definition) is 3. The number of carboxylic acid groups (broad SMARTS) is 1. The van der Waals surface area contributed by atoms with Gasteiger partial charge in [-0.2, -0.15) is 0 Å². The first-order valence-electron chi connectivity index (χ1n) is 3.82. The van der Waals surface area contributed by atoms with Gasteiger partial charge in [0.15, 0.2) is 0 Å². The van der Waals surface area contributed by atoms with Crippen LogP contribution in [0.1, 0.15) is 14.2 Å². The van der Waals surface area contributed by atoms with Crippen LogP contribution in [0.2, 0.25) is 0 Å². The van der Waals surface area contributed by atoms with Crippen molar-refractivity contribution in [2.75, 3.05) is 7.02 Å². The van der Waals surface area contributed by atoms with Crippen molar-refractivity contribution in [3.8, 4) is 0 Å². The van der Waals surface area contributed by atoms with Crippen molar-refractivity contribution in [1.82, 2.24) is 5.32 Å². The molecule has 0 spiro atoms. The summed E-state index contributed by atoms with van der Waals surface area (Å²) < 4.78 is 6.72. The smallest absolute Gasteiger partial charge is 0.320 e. The highest BCUT2D eigenvalue weighted by atomic mass is 16.4. The van der Waals surface area contributed by atoms with E-state index in [1.54, 1.807) is 0 Å². The molecule has 11 heavy (non-hydrogen) atoms. The van der Waals surface area contributed by atoms with E-state index < -0.39 is 17.9 Å². The molecule has 1 amide bonds. The summed E-state index contributed by atoms with van der Waals surface area (Å²) in [5.74, 6) is -1.60. The number of aliphatic carboxylic acids is 1. The molecule has 0 fully saturated rings. The quantitative estimate of drug-likeness (QED) is 0.478. The van der Waals surface area contributed by atoms with Crippen molar-refractivity contribution in [1.29, 1.82) is 0 Å². The molecule has 0 aliphatic carbocycles. The molecule has 0 unspecified atom stereocenters. The Bertz CT molecular complexity index is 174. The first-order valence-corrected chi connectivity index (χ1v) is 3.11. The molecule has 0 aromatic heterocycles. The van der Waals surface area contributed by atoms with Gasteiger partial charge >= 0.3 is 5.97 Å². The van der Waals surface area contributed by atoms with Crippen molar-refractivity contribution < 1.29 is 16.1 Å². The Balaban J connectivity index is 3.79. The van der Waals surface area contributed by atoms with Gasteiger partial charge in [-0.3, -0.25) is 9.59 Å². The van der Waals surface area contributed by atoms with Gasteiger partial charge in [-0.1, -0.05) is 0 Å². The van der Waals surface area contributed by atoms with Crippen LogP contribution >= 0.6 is 0 Å². The molecule has 0 saturated heterocycles. The number of carboxylic acids is 1. The van der Waals surface area contributed by atoms with Gasteiger partial charge in [0.25, 0.3) is 0 Å². The van der Waals surface area contributed by atoms with Crippen LogP contribution in [0.25, 0.3) is 0 Å². The van der Waals surface area contributed by atoms with Crippen molar-refractivity contribution in [2.45, 2.75) is 18.9 Å². The lowest BCUT2D eigenvalue weighted by Crippen LogP contribution is -2.34. The molecule has 0 bridgehead atoms. The van der Waals surface area contributed by atoms with Crippen molar-refractivity contribution >= 4 is 11.9 Å². The summed E-state index contributed by atoms with van der Waals surface area (Å²) in [4.78, 5) is 20.7. The Morgan fingerprint density at radius 1 is 1.82 bits per heavy atom. The zero-order valence-corrected chi connectivity index (χ0v) is 6.04. The predicted molar refractivity (Wildman–Crippen MR) is 38.9 cm³/mol. The molecule has 0 aliphatic heterocycles. The number of hydrogen-bond donors (Lipinski definition) is 3. The second-order valence-electron chi connectivity index (χ2n) is 2.10. The lowest BCUT2D eigenvalue weighted by molar-refractivity contribution is -0.139. The molecule has 0 aliphatic rings.